The molecule has 0 aromatic rings. The maximum atomic E-state index is 5.50. The van der Waals surface area contributed by atoms with Crippen molar-refractivity contribution in [2.75, 3.05) is 32.8 Å². The highest BCUT2D eigenvalue weighted by Crippen LogP contribution is 2.13. The summed E-state index contributed by atoms with van der Waals surface area (Å²) in [5.74, 6) is 0. The van der Waals surface area contributed by atoms with E-state index in [-0.39, 0.29) is 5.54 Å². The zero-order valence-corrected chi connectivity index (χ0v) is 10.7. The summed E-state index contributed by atoms with van der Waals surface area (Å²) in [6, 6.07) is 0.532. The van der Waals surface area contributed by atoms with Crippen molar-refractivity contribution in [1.82, 2.24) is 10.2 Å². The molecule has 90 valence electrons. The highest BCUT2D eigenvalue weighted by atomic mass is 16.5. The fraction of sp³-hybridized carbons (Fsp3) is 1.00. The Balaban J connectivity index is 2.44. The van der Waals surface area contributed by atoms with Crippen LogP contribution in [0.5, 0.6) is 0 Å². The van der Waals surface area contributed by atoms with E-state index in [9.17, 15) is 0 Å². The molecule has 1 aliphatic rings. The number of rotatable bonds is 4. The summed E-state index contributed by atoms with van der Waals surface area (Å²) in [6.07, 6.45) is 1.24. The quantitative estimate of drug-likeness (QED) is 0.767. The van der Waals surface area contributed by atoms with E-state index in [0.717, 1.165) is 26.3 Å². The molecule has 3 nitrogen and oxygen atoms in total. The van der Waals surface area contributed by atoms with Crippen molar-refractivity contribution in [3.63, 3.8) is 0 Å². The molecule has 0 saturated carbocycles. The highest BCUT2D eigenvalue weighted by Gasteiger charge is 2.26. The van der Waals surface area contributed by atoms with Gasteiger partial charge in [-0.3, -0.25) is 4.90 Å². The maximum absolute atomic E-state index is 5.50. The second-order valence-electron chi connectivity index (χ2n) is 5.14. The van der Waals surface area contributed by atoms with Crippen LogP contribution < -0.4 is 5.32 Å². The third-order valence-corrected chi connectivity index (χ3v) is 3.01. The van der Waals surface area contributed by atoms with Crippen molar-refractivity contribution in [3.05, 3.63) is 0 Å². The second kappa shape index (κ2) is 5.83. The van der Waals surface area contributed by atoms with Gasteiger partial charge in [-0.2, -0.15) is 0 Å². The second-order valence-corrected chi connectivity index (χ2v) is 5.14. The molecule has 0 aromatic carbocycles. The molecular weight excluding hydrogens is 188 g/mol. The van der Waals surface area contributed by atoms with Crippen molar-refractivity contribution >= 4 is 0 Å². The molecule has 0 radical (unpaired) electrons. The van der Waals surface area contributed by atoms with E-state index < -0.39 is 0 Å². The van der Waals surface area contributed by atoms with E-state index in [0.29, 0.717) is 6.04 Å². The van der Waals surface area contributed by atoms with Gasteiger partial charge in [-0.1, -0.05) is 0 Å². The lowest BCUT2D eigenvalue weighted by molar-refractivity contribution is 0.0669. The summed E-state index contributed by atoms with van der Waals surface area (Å²) >= 11 is 0. The Labute approximate surface area is 94.2 Å². The van der Waals surface area contributed by atoms with Gasteiger partial charge in [0.25, 0.3) is 0 Å². The number of ether oxygens (including phenoxy) is 1. The fourth-order valence-corrected chi connectivity index (χ4v) is 2.12. The van der Waals surface area contributed by atoms with Gasteiger partial charge in [-0.25, -0.2) is 0 Å². The predicted octanol–water partition coefficient (Wildman–Crippen LogP) is 1.49. The van der Waals surface area contributed by atoms with Crippen LogP contribution in [-0.2, 0) is 4.74 Å². The lowest BCUT2D eigenvalue weighted by Crippen LogP contribution is -2.49. The molecule has 0 aromatic heterocycles. The lowest BCUT2D eigenvalue weighted by atomic mass is 10.1. The largest absolute Gasteiger partial charge is 0.380 e. The molecule has 1 fully saturated rings. The molecule has 0 amide bonds. The topological polar surface area (TPSA) is 24.5 Å². The summed E-state index contributed by atoms with van der Waals surface area (Å²) in [7, 11) is 0. The smallest absolute Gasteiger partial charge is 0.0619 e. The maximum Gasteiger partial charge on any atom is 0.0619 e. The standard InChI is InChI=1S/C12H26N2O/c1-5-15-9-11(2)14-8-6-7-13-12(3,4)10-14/h11,13H,5-10H2,1-4H3. The Morgan fingerprint density at radius 3 is 2.87 bits per heavy atom. The first-order valence-electron chi connectivity index (χ1n) is 6.12. The Bertz CT molecular complexity index is 182. The Morgan fingerprint density at radius 2 is 2.20 bits per heavy atom. The summed E-state index contributed by atoms with van der Waals surface area (Å²) in [4.78, 5) is 2.54. The minimum absolute atomic E-state index is 0.233. The molecule has 3 heteroatoms. The van der Waals surface area contributed by atoms with Crippen molar-refractivity contribution in [3.8, 4) is 0 Å². The van der Waals surface area contributed by atoms with Crippen molar-refractivity contribution < 1.29 is 4.74 Å². The predicted molar refractivity (Wildman–Crippen MR) is 64.2 cm³/mol. The van der Waals surface area contributed by atoms with Crippen molar-refractivity contribution in [2.24, 2.45) is 0 Å². The lowest BCUT2D eigenvalue weighted by Gasteiger charge is -2.33. The minimum Gasteiger partial charge on any atom is -0.380 e. The van der Waals surface area contributed by atoms with Crippen LogP contribution in [0, 0.1) is 0 Å². The molecule has 1 heterocycles. The van der Waals surface area contributed by atoms with Crippen LogP contribution in [0.25, 0.3) is 0 Å². The van der Waals surface area contributed by atoms with Crippen LogP contribution >= 0.6 is 0 Å². The third kappa shape index (κ3) is 4.49. The molecule has 0 spiro atoms. The van der Waals surface area contributed by atoms with Gasteiger partial charge in [0.1, 0.15) is 0 Å². The monoisotopic (exact) mass is 214 g/mol. The summed E-state index contributed by atoms with van der Waals surface area (Å²) in [5.41, 5.74) is 0.233. The zero-order valence-electron chi connectivity index (χ0n) is 10.7. The van der Waals surface area contributed by atoms with Gasteiger partial charge in [-0.05, 0) is 47.2 Å². The minimum atomic E-state index is 0.233. The van der Waals surface area contributed by atoms with Gasteiger partial charge in [0.2, 0.25) is 0 Å². The normalized spacial score (nSPS) is 24.8. The van der Waals surface area contributed by atoms with Gasteiger partial charge < -0.3 is 10.1 Å². The molecule has 15 heavy (non-hydrogen) atoms. The van der Waals surface area contributed by atoms with E-state index in [2.05, 4.69) is 37.9 Å². The third-order valence-electron chi connectivity index (χ3n) is 3.01. The molecule has 0 bridgehead atoms. The van der Waals surface area contributed by atoms with Crippen molar-refractivity contribution in [1.29, 1.82) is 0 Å². The van der Waals surface area contributed by atoms with Crippen LogP contribution in [0.3, 0.4) is 0 Å². The Kier molecular flexibility index (Phi) is 5.03. The van der Waals surface area contributed by atoms with Crippen LogP contribution in [0.1, 0.15) is 34.1 Å². The van der Waals surface area contributed by atoms with E-state index in [1.165, 1.54) is 13.0 Å². The molecule has 1 aliphatic heterocycles. The van der Waals surface area contributed by atoms with E-state index in [1.54, 1.807) is 0 Å². The average Bonchev–Trinajstić information content (AvgIpc) is 2.35. The van der Waals surface area contributed by atoms with E-state index in [1.807, 2.05) is 0 Å². The van der Waals surface area contributed by atoms with Crippen LogP contribution in [0.2, 0.25) is 0 Å². The van der Waals surface area contributed by atoms with Gasteiger partial charge >= 0.3 is 0 Å². The summed E-state index contributed by atoms with van der Waals surface area (Å²) in [6.45, 7) is 14.0. The first-order valence-corrected chi connectivity index (χ1v) is 6.12. The molecule has 1 rings (SSSR count). The molecule has 1 unspecified atom stereocenters. The van der Waals surface area contributed by atoms with E-state index >= 15 is 0 Å². The molecular formula is C12H26N2O. The fourth-order valence-electron chi connectivity index (χ4n) is 2.12. The number of hydrogen-bond donors (Lipinski definition) is 1. The molecule has 1 atom stereocenters. The average molecular weight is 214 g/mol. The molecule has 1 N–H and O–H groups in total. The van der Waals surface area contributed by atoms with Gasteiger partial charge in [-0.15, -0.1) is 0 Å². The van der Waals surface area contributed by atoms with Gasteiger partial charge in [0.05, 0.1) is 6.61 Å². The number of hydrogen-bond acceptors (Lipinski definition) is 3. The van der Waals surface area contributed by atoms with Crippen LogP contribution in [0.15, 0.2) is 0 Å². The molecule has 0 aliphatic carbocycles. The highest BCUT2D eigenvalue weighted by molar-refractivity contribution is 4.86. The first-order chi connectivity index (χ1) is 7.05. The van der Waals surface area contributed by atoms with Crippen LogP contribution in [0.4, 0.5) is 0 Å². The summed E-state index contributed by atoms with van der Waals surface area (Å²) in [5, 5.41) is 3.58. The summed E-state index contributed by atoms with van der Waals surface area (Å²) < 4.78 is 5.50. The van der Waals surface area contributed by atoms with Crippen molar-refractivity contribution in [2.45, 2.75) is 45.7 Å². The SMILES string of the molecule is CCOCC(C)N1CCCNC(C)(C)C1. The molecule has 1 saturated heterocycles. The number of nitrogens with one attached hydrogen (secondary N) is 1. The van der Waals surface area contributed by atoms with E-state index in [4.69, 9.17) is 4.74 Å². The first kappa shape index (κ1) is 12.9. The zero-order chi connectivity index (χ0) is 11.3. The van der Waals surface area contributed by atoms with Gasteiger partial charge in [0.15, 0.2) is 0 Å². The van der Waals surface area contributed by atoms with Gasteiger partial charge in [0, 0.05) is 24.7 Å². The Hall–Kier alpha value is -0.120. The number of nitrogens with zero attached hydrogens (tertiary/aromatic N) is 1. The Morgan fingerprint density at radius 1 is 1.47 bits per heavy atom. The van der Waals surface area contributed by atoms with Crippen LogP contribution in [-0.4, -0.2) is 49.3 Å².